The van der Waals surface area contributed by atoms with Crippen LogP contribution in [0.5, 0.6) is 11.5 Å². The van der Waals surface area contributed by atoms with E-state index in [1.807, 2.05) is 19.1 Å². The molecule has 146 valence electrons. The predicted molar refractivity (Wildman–Crippen MR) is 106 cm³/mol. The molecule has 0 radical (unpaired) electrons. The van der Waals surface area contributed by atoms with E-state index in [1.165, 1.54) is 5.56 Å². The molecule has 3 rings (SSSR count). The van der Waals surface area contributed by atoms with Gasteiger partial charge in [0.2, 0.25) is 10.0 Å². The maximum absolute atomic E-state index is 12.6. The van der Waals surface area contributed by atoms with Crippen molar-refractivity contribution in [3.05, 3.63) is 53.6 Å². The zero-order valence-electron chi connectivity index (χ0n) is 16.1. The van der Waals surface area contributed by atoms with E-state index in [4.69, 9.17) is 9.47 Å². The molecule has 0 amide bonds. The Kier molecular flexibility index (Phi) is 6.07. The third-order valence-electron chi connectivity index (χ3n) is 4.37. The van der Waals surface area contributed by atoms with Crippen molar-refractivity contribution < 1.29 is 17.9 Å². The van der Waals surface area contributed by atoms with Gasteiger partial charge in [-0.3, -0.25) is 0 Å². The standard InChI is InChI=1S/C21H27NO4S/c1-15(2)14-26-19-5-7-20(8-6-19)27(23,24)22-16(3)12-17-4-9-21-18(13-17)10-11-25-21/h4-9,13,15-16,22H,10-12,14H2,1-3H3. The van der Waals surface area contributed by atoms with Gasteiger partial charge in [-0.1, -0.05) is 26.0 Å². The second kappa shape index (κ2) is 8.31. The van der Waals surface area contributed by atoms with Crippen molar-refractivity contribution in [1.29, 1.82) is 0 Å². The van der Waals surface area contributed by atoms with Crippen molar-refractivity contribution in [1.82, 2.24) is 4.72 Å². The second-order valence-electron chi connectivity index (χ2n) is 7.44. The molecular weight excluding hydrogens is 362 g/mol. The van der Waals surface area contributed by atoms with Crippen molar-refractivity contribution in [3.63, 3.8) is 0 Å². The van der Waals surface area contributed by atoms with E-state index >= 15 is 0 Å². The summed E-state index contributed by atoms with van der Waals surface area (Å²) in [6.07, 6.45) is 1.54. The molecule has 1 heterocycles. The average molecular weight is 390 g/mol. The number of nitrogens with one attached hydrogen (secondary N) is 1. The van der Waals surface area contributed by atoms with Gasteiger partial charge in [-0.25, -0.2) is 13.1 Å². The van der Waals surface area contributed by atoms with Crippen molar-refractivity contribution in [2.75, 3.05) is 13.2 Å². The Hall–Kier alpha value is -2.05. The van der Waals surface area contributed by atoms with Gasteiger partial charge in [0.05, 0.1) is 18.1 Å². The Morgan fingerprint density at radius 1 is 1.11 bits per heavy atom. The fourth-order valence-corrected chi connectivity index (χ4v) is 4.32. The topological polar surface area (TPSA) is 64.6 Å². The van der Waals surface area contributed by atoms with Crippen LogP contribution in [0, 0.1) is 5.92 Å². The highest BCUT2D eigenvalue weighted by molar-refractivity contribution is 7.89. The molecule has 0 saturated carbocycles. The first-order chi connectivity index (χ1) is 12.8. The van der Waals surface area contributed by atoms with E-state index < -0.39 is 10.0 Å². The van der Waals surface area contributed by atoms with Crippen LogP contribution in [0.3, 0.4) is 0 Å². The molecule has 27 heavy (non-hydrogen) atoms. The van der Waals surface area contributed by atoms with Gasteiger partial charge in [-0.2, -0.15) is 0 Å². The highest BCUT2D eigenvalue weighted by Crippen LogP contribution is 2.26. The predicted octanol–water partition coefficient (Wildman–Crippen LogP) is 3.57. The highest BCUT2D eigenvalue weighted by atomic mass is 32.2. The molecule has 2 aromatic rings. The van der Waals surface area contributed by atoms with Gasteiger partial charge in [0, 0.05) is 12.5 Å². The Balaban J connectivity index is 1.61. The number of hydrogen-bond donors (Lipinski definition) is 1. The fraction of sp³-hybridized carbons (Fsp3) is 0.429. The normalized spacial score (nSPS) is 14.7. The van der Waals surface area contributed by atoms with Crippen LogP contribution in [0.4, 0.5) is 0 Å². The smallest absolute Gasteiger partial charge is 0.240 e. The lowest BCUT2D eigenvalue weighted by Crippen LogP contribution is -2.34. The van der Waals surface area contributed by atoms with Gasteiger partial charge in [0.15, 0.2) is 0 Å². The van der Waals surface area contributed by atoms with Crippen LogP contribution in [-0.4, -0.2) is 27.7 Å². The quantitative estimate of drug-likeness (QED) is 0.750. The van der Waals surface area contributed by atoms with Crippen LogP contribution in [0.25, 0.3) is 0 Å². The molecule has 0 aromatic heterocycles. The number of benzene rings is 2. The SMILES string of the molecule is CC(C)COc1ccc(S(=O)(=O)NC(C)Cc2ccc3c(c2)CCO3)cc1. The molecule has 0 saturated heterocycles. The number of hydrogen-bond acceptors (Lipinski definition) is 4. The summed E-state index contributed by atoms with van der Waals surface area (Å²) < 4.78 is 39.1. The first-order valence-corrected chi connectivity index (χ1v) is 10.8. The molecule has 1 aliphatic heterocycles. The monoisotopic (exact) mass is 389 g/mol. The Morgan fingerprint density at radius 2 is 1.85 bits per heavy atom. The van der Waals surface area contributed by atoms with Gasteiger partial charge in [-0.15, -0.1) is 0 Å². The minimum Gasteiger partial charge on any atom is -0.493 e. The van der Waals surface area contributed by atoms with Crippen LogP contribution in [0.2, 0.25) is 0 Å². The minimum absolute atomic E-state index is 0.216. The summed E-state index contributed by atoms with van der Waals surface area (Å²) in [5.41, 5.74) is 2.30. The van der Waals surface area contributed by atoms with Crippen LogP contribution in [0.15, 0.2) is 47.4 Å². The Morgan fingerprint density at radius 3 is 2.56 bits per heavy atom. The second-order valence-corrected chi connectivity index (χ2v) is 9.16. The fourth-order valence-electron chi connectivity index (χ4n) is 3.07. The van der Waals surface area contributed by atoms with Crippen molar-refractivity contribution in [3.8, 4) is 11.5 Å². The lowest BCUT2D eigenvalue weighted by atomic mass is 10.0. The van der Waals surface area contributed by atoms with Crippen molar-refractivity contribution in [2.45, 2.75) is 44.6 Å². The van der Waals surface area contributed by atoms with Gasteiger partial charge >= 0.3 is 0 Å². The number of rotatable bonds is 8. The maximum atomic E-state index is 12.6. The third kappa shape index (κ3) is 5.23. The summed E-state index contributed by atoms with van der Waals surface area (Å²) in [5.74, 6) is 2.03. The molecule has 6 heteroatoms. The summed E-state index contributed by atoms with van der Waals surface area (Å²) in [4.78, 5) is 0.244. The molecular formula is C21H27NO4S. The van der Waals surface area contributed by atoms with Gasteiger partial charge in [-0.05, 0) is 60.7 Å². The van der Waals surface area contributed by atoms with Gasteiger partial charge in [0.25, 0.3) is 0 Å². The molecule has 5 nitrogen and oxygen atoms in total. The first kappa shape index (κ1) is 19.7. The summed E-state index contributed by atoms with van der Waals surface area (Å²) in [5, 5.41) is 0. The van der Waals surface area contributed by atoms with Crippen LogP contribution in [-0.2, 0) is 22.9 Å². The van der Waals surface area contributed by atoms with E-state index in [-0.39, 0.29) is 10.9 Å². The number of fused-ring (bicyclic) bond motifs is 1. The molecule has 0 aliphatic carbocycles. The van der Waals surface area contributed by atoms with Gasteiger partial charge in [0.1, 0.15) is 11.5 Å². The van der Waals surface area contributed by atoms with E-state index in [0.717, 1.165) is 24.3 Å². The third-order valence-corrected chi connectivity index (χ3v) is 5.97. The molecule has 0 bridgehead atoms. The molecule has 2 aromatic carbocycles. The average Bonchev–Trinajstić information content (AvgIpc) is 3.07. The van der Waals surface area contributed by atoms with E-state index in [2.05, 4.69) is 24.6 Å². The van der Waals surface area contributed by atoms with E-state index in [9.17, 15) is 8.42 Å². The molecule has 1 aliphatic rings. The summed E-state index contributed by atoms with van der Waals surface area (Å²) in [6.45, 7) is 7.34. The minimum atomic E-state index is -3.57. The molecule has 1 unspecified atom stereocenters. The lowest BCUT2D eigenvalue weighted by Gasteiger charge is -2.15. The van der Waals surface area contributed by atoms with Crippen LogP contribution < -0.4 is 14.2 Å². The largest absolute Gasteiger partial charge is 0.493 e. The first-order valence-electron chi connectivity index (χ1n) is 9.33. The summed E-state index contributed by atoms with van der Waals surface area (Å²) in [7, 11) is -3.57. The number of ether oxygens (including phenoxy) is 2. The zero-order chi connectivity index (χ0) is 19.4. The van der Waals surface area contributed by atoms with Gasteiger partial charge < -0.3 is 9.47 Å². The molecule has 0 fully saturated rings. The Bertz CT molecular complexity index is 876. The van der Waals surface area contributed by atoms with Crippen LogP contribution >= 0.6 is 0 Å². The van der Waals surface area contributed by atoms with Crippen molar-refractivity contribution in [2.24, 2.45) is 5.92 Å². The summed E-state index contributed by atoms with van der Waals surface area (Å²) >= 11 is 0. The van der Waals surface area contributed by atoms with Crippen molar-refractivity contribution >= 4 is 10.0 Å². The molecule has 1 N–H and O–H groups in total. The van der Waals surface area contributed by atoms with E-state index in [1.54, 1.807) is 24.3 Å². The molecule has 1 atom stereocenters. The maximum Gasteiger partial charge on any atom is 0.240 e. The highest BCUT2D eigenvalue weighted by Gasteiger charge is 2.19. The zero-order valence-corrected chi connectivity index (χ0v) is 16.9. The lowest BCUT2D eigenvalue weighted by molar-refractivity contribution is 0.271. The van der Waals surface area contributed by atoms with E-state index in [0.29, 0.717) is 24.7 Å². The number of sulfonamides is 1. The summed E-state index contributed by atoms with van der Waals surface area (Å²) in [6, 6.07) is 12.4. The van der Waals surface area contributed by atoms with Crippen LogP contribution in [0.1, 0.15) is 31.9 Å². The molecule has 0 spiro atoms. The Labute approximate surface area is 161 Å².